The number of carbonyl (C=O) groups is 1. The summed E-state index contributed by atoms with van der Waals surface area (Å²) in [5.41, 5.74) is 1.70. The van der Waals surface area contributed by atoms with Crippen LogP contribution in [0.15, 0.2) is 54.9 Å². The van der Waals surface area contributed by atoms with Crippen LogP contribution >= 0.6 is 34.8 Å². The van der Waals surface area contributed by atoms with Crippen molar-refractivity contribution in [2.24, 2.45) is 0 Å². The van der Waals surface area contributed by atoms with Crippen LogP contribution in [0.3, 0.4) is 0 Å². The van der Waals surface area contributed by atoms with Crippen molar-refractivity contribution in [2.45, 2.75) is 0 Å². The molecule has 0 saturated heterocycles. The summed E-state index contributed by atoms with van der Waals surface area (Å²) in [6.07, 6.45) is 3.11. The molecule has 0 radical (unpaired) electrons. The Kier molecular flexibility index (Phi) is 4.57. The van der Waals surface area contributed by atoms with Crippen molar-refractivity contribution >= 4 is 46.4 Å². The van der Waals surface area contributed by atoms with Gasteiger partial charge >= 0.3 is 0 Å². The van der Waals surface area contributed by atoms with Crippen LogP contribution in [0.5, 0.6) is 0 Å². The third kappa shape index (κ3) is 3.67. The fourth-order valence-electron chi connectivity index (χ4n) is 1.96. The highest BCUT2D eigenvalue weighted by atomic mass is 35.5. The van der Waals surface area contributed by atoms with E-state index < -0.39 is 0 Å². The second-order valence-corrected chi connectivity index (χ2v) is 6.01. The number of benzene rings is 2. The summed E-state index contributed by atoms with van der Waals surface area (Å²) in [5.74, 6) is -0.311. The second-order valence-electron chi connectivity index (χ2n) is 4.73. The summed E-state index contributed by atoms with van der Waals surface area (Å²) in [4.78, 5) is 12.3. The summed E-state index contributed by atoms with van der Waals surface area (Å²) < 4.78 is 1.59. The predicted octanol–water partition coefficient (Wildman–Crippen LogP) is 5.08. The number of aromatic nitrogens is 2. The Hall–Kier alpha value is -2.01. The van der Waals surface area contributed by atoms with Crippen LogP contribution in [0.1, 0.15) is 10.4 Å². The van der Waals surface area contributed by atoms with Crippen molar-refractivity contribution in [2.75, 3.05) is 5.32 Å². The second kappa shape index (κ2) is 6.62. The molecule has 1 heterocycles. The highest BCUT2D eigenvalue weighted by Gasteiger charge is 2.11. The van der Waals surface area contributed by atoms with Gasteiger partial charge in [0.15, 0.2) is 0 Å². The lowest BCUT2D eigenvalue weighted by Crippen LogP contribution is -2.11. The quantitative estimate of drug-likeness (QED) is 0.702. The molecule has 116 valence electrons. The van der Waals surface area contributed by atoms with E-state index in [1.54, 1.807) is 41.2 Å². The van der Waals surface area contributed by atoms with Gasteiger partial charge in [0, 0.05) is 16.2 Å². The van der Waals surface area contributed by atoms with E-state index in [0.29, 0.717) is 26.3 Å². The first-order chi connectivity index (χ1) is 11.0. The molecule has 0 saturated carbocycles. The van der Waals surface area contributed by atoms with E-state index in [2.05, 4.69) is 10.4 Å². The van der Waals surface area contributed by atoms with Crippen LogP contribution in [0.25, 0.3) is 5.69 Å². The highest BCUT2D eigenvalue weighted by molar-refractivity contribution is 6.36. The van der Waals surface area contributed by atoms with Gasteiger partial charge in [-0.05, 0) is 42.5 Å². The molecule has 1 amide bonds. The Morgan fingerprint density at radius 1 is 1.00 bits per heavy atom. The van der Waals surface area contributed by atoms with E-state index >= 15 is 0 Å². The molecule has 1 N–H and O–H groups in total. The van der Waals surface area contributed by atoms with Gasteiger partial charge in [-0.25, -0.2) is 4.68 Å². The van der Waals surface area contributed by atoms with Gasteiger partial charge in [0.1, 0.15) is 0 Å². The fourth-order valence-corrected chi connectivity index (χ4v) is 2.54. The van der Waals surface area contributed by atoms with Crippen molar-refractivity contribution in [3.8, 4) is 5.69 Å². The van der Waals surface area contributed by atoms with Gasteiger partial charge in [-0.15, -0.1) is 0 Å². The number of rotatable bonds is 3. The van der Waals surface area contributed by atoms with Gasteiger partial charge in [-0.1, -0.05) is 34.8 Å². The van der Waals surface area contributed by atoms with Crippen LogP contribution in [0.4, 0.5) is 5.69 Å². The number of halogens is 3. The zero-order valence-electron chi connectivity index (χ0n) is 11.6. The maximum absolute atomic E-state index is 12.3. The average Bonchev–Trinajstić information content (AvgIpc) is 3.01. The number of hydrogen-bond donors (Lipinski definition) is 1. The predicted molar refractivity (Wildman–Crippen MR) is 93.0 cm³/mol. The van der Waals surface area contributed by atoms with E-state index in [4.69, 9.17) is 34.8 Å². The number of anilines is 1. The van der Waals surface area contributed by atoms with Crippen molar-refractivity contribution in [1.82, 2.24) is 9.78 Å². The summed E-state index contributed by atoms with van der Waals surface area (Å²) in [7, 11) is 0. The minimum atomic E-state index is -0.311. The number of amides is 1. The molecule has 0 unspecified atom stereocenters. The van der Waals surface area contributed by atoms with Gasteiger partial charge in [-0.2, -0.15) is 5.10 Å². The third-order valence-electron chi connectivity index (χ3n) is 3.12. The molecule has 0 atom stereocenters. The average molecular weight is 367 g/mol. The van der Waals surface area contributed by atoms with Gasteiger partial charge < -0.3 is 5.32 Å². The smallest absolute Gasteiger partial charge is 0.258 e. The third-order valence-corrected chi connectivity index (χ3v) is 3.92. The lowest BCUT2D eigenvalue weighted by molar-refractivity contribution is 0.102. The molecule has 23 heavy (non-hydrogen) atoms. The summed E-state index contributed by atoms with van der Waals surface area (Å²) >= 11 is 17.7. The zero-order chi connectivity index (χ0) is 16.4. The summed E-state index contributed by atoms with van der Waals surface area (Å²) in [6, 6.07) is 12.0. The van der Waals surface area contributed by atoms with Crippen molar-refractivity contribution < 1.29 is 4.79 Å². The Balaban J connectivity index is 1.79. The van der Waals surface area contributed by atoms with E-state index in [0.717, 1.165) is 5.69 Å². The van der Waals surface area contributed by atoms with Crippen LogP contribution in [0.2, 0.25) is 15.1 Å². The number of nitrogens with one attached hydrogen (secondary N) is 1. The maximum Gasteiger partial charge on any atom is 0.258 e. The minimum absolute atomic E-state index is 0.311. The molecule has 2 aromatic carbocycles. The summed E-state index contributed by atoms with van der Waals surface area (Å²) in [5, 5.41) is 8.41. The lowest BCUT2D eigenvalue weighted by Gasteiger charge is -2.06. The van der Waals surface area contributed by atoms with Crippen LogP contribution in [-0.2, 0) is 0 Å². The van der Waals surface area contributed by atoms with E-state index in [1.807, 2.05) is 12.1 Å². The first-order valence-corrected chi connectivity index (χ1v) is 7.73. The lowest BCUT2D eigenvalue weighted by atomic mass is 10.3. The molecule has 1 aromatic heterocycles. The normalized spacial score (nSPS) is 10.6. The van der Waals surface area contributed by atoms with Crippen LogP contribution < -0.4 is 5.32 Å². The number of nitrogens with zero attached hydrogens (tertiary/aromatic N) is 2. The molecule has 0 aliphatic heterocycles. The molecule has 3 rings (SSSR count). The van der Waals surface area contributed by atoms with E-state index in [9.17, 15) is 4.79 Å². The molecular formula is C16H10Cl3N3O. The Morgan fingerprint density at radius 2 is 1.70 bits per heavy atom. The molecule has 7 heteroatoms. The molecule has 0 fully saturated rings. The molecule has 3 aromatic rings. The van der Waals surface area contributed by atoms with Crippen molar-refractivity contribution in [3.05, 3.63) is 75.5 Å². The summed E-state index contributed by atoms with van der Waals surface area (Å²) in [6.45, 7) is 0. The zero-order valence-corrected chi connectivity index (χ0v) is 13.9. The maximum atomic E-state index is 12.3. The molecule has 0 spiro atoms. The van der Waals surface area contributed by atoms with E-state index in [-0.39, 0.29) is 5.91 Å². The van der Waals surface area contributed by atoms with Crippen LogP contribution in [-0.4, -0.2) is 15.7 Å². The highest BCUT2D eigenvalue weighted by Crippen LogP contribution is 2.25. The van der Waals surface area contributed by atoms with Crippen LogP contribution in [0, 0.1) is 0 Å². The SMILES string of the molecule is O=C(Nc1ccc(Cl)cc1Cl)c1cnn(-c2ccc(Cl)cc2)c1. The van der Waals surface area contributed by atoms with Crippen molar-refractivity contribution in [3.63, 3.8) is 0 Å². The minimum Gasteiger partial charge on any atom is -0.321 e. The largest absolute Gasteiger partial charge is 0.321 e. The number of hydrogen-bond acceptors (Lipinski definition) is 2. The van der Waals surface area contributed by atoms with Crippen molar-refractivity contribution in [1.29, 1.82) is 0 Å². The topological polar surface area (TPSA) is 46.9 Å². The molecular weight excluding hydrogens is 357 g/mol. The molecule has 0 bridgehead atoms. The number of carbonyl (C=O) groups excluding carboxylic acids is 1. The Bertz CT molecular complexity index is 859. The molecule has 0 aliphatic rings. The monoisotopic (exact) mass is 365 g/mol. The Labute approximate surface area is 147 Å². The van der Waals surface area contributed by atoms with Gasteiger partial charge in [0.25, 0.3) is 5.91 Å². The molecule has 4 nitrogen and oxygen atoms in total. The first-order valence-electron chi connectivity index (χ1n) is 6.60. The fraction of sp³-hybridized carbons (Fsp3) is 0. The standard InChI is InChI=1S/C16H10Cl3N3O/c17-11-1-4-13(5-2-11)22-9-10(8-20-22)16(23)21-15-6-3-12(18)7-14(15)19/h1-9H,(H,21,23). The Morgan fingerprint density at radius 3 is 2.39 bits per heavy atom. The van der Waals surface area contributed by atoms with Gasteiger partial charge in [0.2, 0.25) is 0 Å². The van der Waals surface area contributed by atoms with E-state index in [1.165, 1.54) is 6.20 Å². The molecule has 0 aliphatic carbocycles. The van der Waals surface area contributed by atoms with Gasteiger partial charge in [-0.3, -0.25) is 4.79 Å². The first kappa shape index (κ1) is 15.9. The van der Waals surface area contributed by atoms with Gasteiger partial charge in [0.05, 0.1) is 28.2 Å².